The molecule has 31 heavy (non-hydrogen) atoms. The number of β-amino-alcohol motifs (C(OH)–C–C–N with tert-alkyl or cyclic N) is 1. The van der Waals surface area contributed by atoms with Gasteiger partial charge in [0.2, 0.25) is 17.7 Å². The molecule has 0 bridgehead atoms. The van der Waals surface area contributed by atoms with E-state index >= 15 is 0 Å². The summed E-state index contributed by atoms with van der Waals surface area (Å²) in [6.07, 6.45) is 1.90. The van der Waals surface area contributed by atoms with Crippen LogP contribution in [0.25, 0.3) is 0 Å². The lowest BCUT2D eigenvalue weighted by Gasteiger charge is -2.35. The molecule has 170 valence electrons. The van der Waals surface area contributed by atoms with E-state index in [1.807, 2.05) is 39.8 Å². The van der Waals surface area contributed by atoms with Crippen molar-refractivity contribution in [3.05, 3.63) is 35.4 Å². The van der Waals surface area contributed by atoms with E-state index in [1.165, 1.54) is 30.2 Å². The fraction of sp³-hybridized carbons (Fsp3) is 0.625. The van der Waals surface area contributed by atoms with E-state index in [9.17, 15) is 19.5 Å². The zero-order valence-corrected chi connectivity index (χ0v) is 19.1. The molecule has 1 aliphatic heterocycles. The number of nitrogens with one attached hydrogen (secondary N) is 2. The fourth-order valence-electron chi connectivity index (χ4n) is 4.19. The van der Waals surface area contributed by atoms with E-state index in [-0.39, 0.29) is 36.7 Å². The Bertz CT molecular complexity index is 826. The van der Waals surface area contributed by atoms with Gasteiger partial charge in [-0.3, -0.25) is 14.4 Å². The number of carbonyl (C=O) groups excluding carboxylic acids is 3. The standard InChI is InChI=1S/C24H35N3O4/c1-14(16-6-8-17(9-7-16)18-10-11-18)25-22(30)20-12-19(29)13-27(20)23(31)21(24(3,4)5)26-15(2)28/h6-9,14,18-21,29H,10-13H2,1-5H3,(H,25,30)(H,26,28)/t14-,19?,20?,21?/m0/s1. The molecule has 3 N–H and O–H groups in total. The molecule has 7 nitrogen and oxygen atoms in total. The maximum Gasteiger partial charge on any atom is 0.246 e. The Morgan fingerprint density at radius 1 is 1.10 bits per heavy atom. The van der Waals surface area contributed by atoms with E-state index < -0.39 is 23.6 Å². The van der Waals surface area contributed by atoms with Crippen molar-refractivity contribution in [2.24, 2.45) is 5.41 Å². The highest BCUT2D eigenvalue weighted by atomic mass is 16.3. The summed E-state index contributed by atoms with van der Waals surface area (Å²) >= 11 is 0. The average Bonchev–Trinajstić information content (AvgIpc) is 3.46. The first-order valence-electron chi connectivity index (χ1n) is 11.1. The summed E-state index contributed by atoms with van der Waals surface area (Å²) in [6.45, 7) is 8.94. The Hall–Kier alpha value is -2.41. The van der Waals surface area contributed by atoms with Gasteiger partial charge in [0.1, 0.15) is 12.1 Å². The Balaban J connectivity index is 1.70. The minimum Gasteiger partial charge on any atom is -0.391 e. The van der Waals surface area contributed by atoms with Crippen LogP contribution in [0.3, 0.4) is 0 Å². The second kappa shape index (κ2) is 8.99. The van der Waals surface area contributed by atoms with E-state index in [4.69, 9.17) is 0 Å². The van der Waals surface area contributed by atoms with Crippen molar-refractivity contribution < 1.29 is 19.5 Å². The number of aliphatic hydroxyl groups excluding tert-OH is 1. The van der Waals surface area contributed by atoms with Crippen LogP contribution in [-0.2, 0) is 14.4 Å². The van der Waals surface area contributed by atoms with Crippen LogP contribution in [0.2, 0.25) is 0 Å². The van der Waals surface area contributed by atoms with E-state index in [1.54, 1.807) is 0 Å². The number of likely N-dealkylation sites (tertiary alicyclic amines) is 1. The molecule has 2 aliphatic rings. The zero-order chi connectivity index (χ0) is 22.9. The Labute approximate surface area is 184 Å². The summed E-state index contributed by atoms with van der Waals surface area (Å²) in [7, 11) is 0. The maximum absolute atomic E-state index is 13.3. The Kier molecular flexibility index (Phi) is 6.74. The highest BCUT2D eigenvalue weighted by Gasteiger charge is 2.44. The molecule has 3 amide bonds. The lowest BCUT2D eigenvalue weighted by atomic mass is 9.85. The Morgan fingerprint density at radius 2 is 1.71 bits per heavy atom. The summed E-state index contributed by atoms with van der Waals surface area (Å²) < 4.78 is 0. The van der Waals surface area contributed by atoms with Crippen LogP contribution in [-0.4, -0.2) is 52.5 Å². The van der Waals surface area contributed by atoms with Crippen LogP contribution in [0.1, 0.15) is 77.0 Å². The van der Waals surface area contributed by atoms with E-state index in [0.717, 1.165) is 5.56 Å². The predicted molar refractivity (Wildman–Crippen MR) is 118 cm³/mol. The highest BCUT2D eigenvalue weighted by molar-refractivity contribution is 5.93. The van der Waals surface area contributed by atoms with Gasteiger partial charge in [-0.1, -0.05) is 45.0 Å². The summed E-state index contributed by atoms with van der Waals surface area (Å²) in [6, 6.07) is 6.55. The quantitative estimate of drug-likeness (QED) is 0.646. The molecule has 1 saturated heterocycles. The smallest absolute Gasteiger partial charge is 0.246 e. The molecule has 1 aromatic carbocycles. The monoisotopic (exact) mass is 429 g/mol. The molecule has 1 heterocycles. The van der Waals surface area contributed by atoms with Gasteiger partial charge in [0.05, 0.1) is 12.1 Å². The molecule has 4 atom stereocenters. The predicted octanol–water partition coefficient (Wildman–Crippen LogP) is 2.25. The van der Waals surface area contributed by atoms with E-state index in [0.29, 0.717) is 5.92 Å². The van der Waals surface area contributed by atoms with Crippen LogP contribution in [0, 0.1) is 5.41 Å². The van der Waals surface area contributed by atoms with Crippen LogP contribution >= 0.6 is 0 Å². The molecular weight excluding hydrogens is 394 g/mol. The lowest BCUT2D eigenvalue weighted by Crippen LogP contribution is -2.57. The molecule has 0 spiro atoms. The number of aliphatic hydroxyl groups is 1. The minimum atomic E-state index is -0.780. The van der Waals surface area contributed by atoms with Crippen LogP contribution < -0.4 is 10.6 Å². The van der Waals surface area contributed by atoms with Gasteiger partial charge >= 0.3 is 0 Å². The van der Waals surface area contributed by atoms with Gasteiger partial charge < -0.3 is 20.6 Å². The zero-order valence-electron chi connectivity index (χ0n) is 19.1. The molecule has 3 rings (SSSR count). The highest BCUT2D eigenvalue weighted by Crippen LogP contribution is 2.40. The van der Waals surface area contributed by atoms with Gasteiger partial charge in [0, 0.05) is 19.9 Å². The number of hydrogen-bond acceptors (Lipinski definition) is 4. The van der Waals surface area contributed by atoms with Gasteiger partial charge in [-0.2, -0.15) is 0 Å². The normalized spacial score (nSPS) is 23.2. The SMILES string of the molecule is CC(=O)NC(C(=O)N1CC(O)CC1C(=O)N[C@@H](C)c1ccc(C2CC2)cc1)C(C)(C)C. The third kappa shape index (κ3) is 5.64. The largest absolute Gasteiger partial charge is 0.391 e. The van der Waals surface area contributed by atoms with Gasteiger partial charge in [-0.15, -0.1) is 0 Å². The number of rotatable bonds is 6. The van der Waals surface area contributed by atoms with Gasteiger partial charge in [-0.25, -0.2) is 0 Å². The fourth-order valence-corrected chi connectivity index (χ4v) is 4.19. The molecule has 2 fully saturated rings. The van der Waals surface area contributed by atoms with Crippen molar-refractivity contribution in [3.8, 4) is 0 Å². The van der Waals surface area contributed by atoms with Crippen molar-refractivity contribution in [2.45, 2.75) is 84.0 Å². The van der Waals surface area contributed by atoms with Crippen molar-refractivity contribution >= 4 is 17.7 Å². The first kappa shape index (κ1) is 23.3. The Morgan fingerprint density at radius 3 is 2.23 bits per heavy atom. The van der Waals surface area contributed by atoms with E-state index in [2.05, 4.69) is 22.8 Å². The summed E-state index contributed by atoms with van der Waals surface area (Å²) in [5, 5.41) is 15.9. The maximum atomic E-state index is 13.3. The minimum absolute atomic E-state index is 0.0769. The molecule has 0 aromatic heterocycles. The number of amides is 3. The van der Waals surface area contributed by atoms with Gasteiger partial charge in [0.15, 0.2) is 0 Å². The molecule has 1 saturated carbocycles. The summed E-state index contributed by atoms with van der Waals surface area (Å²) in [4.78, 5) is 39.4. The average molecular weight is 430 g/mol. The van der Waals surface area contributed by atoms with Crippen molar-refractivity contribution in [1.29, 1.82) is 0 Å². The molecular formula is C24H35N3O4. The molecule has 1 aromatic rings. The number of hydrogen-bond donors (Lipinski definition) is 3. The summed E-state index contributed by atoms with van der Waals surface area (Å²) in [5.74, 6) is -0.268. The summed E-state index contributed by atoms with van der Waals surface area (Å²) in [5.41, 5.74) is 1.80. The van der Waals surface area contributed by atoms with Crippen LogP contribution in [0.5, 0.6) is 0 Å². The molecule has 0 radical (unpaired) electrons. The second-order valence-corrected chi connectivity index (χ2v) is 10.1. The van der Waals surface area contributed by atoms with Crippen molar-refractivity contribution in [1.82, 2.24) is 15.5 Å². The molecule has 3 unspecified atom stereocenters. The first-order valence-corrected chi connectivity index (χ1v) is 11.1. The topological polar surface area (TPSA) is 98.7 Å². The van der Waals surface area contributed by atoms with Gasteiger partial charge in [0.25, 0.3) is 0 Å². The van der Waals surface area contributed by atoms with Gasteiger partial charge in [-0.05, 0) is 42.2 Å². The third-order valence-electron chi connectivity index (χ3n) is 6.17. The molecule has 7 heteroatoms. The lowest BCUT2D eigenvalue weighted by molar-refractivity contribution is -0.144. The molecule has 1 aliphatic carbocycles. The third-order valence-corrected chi connectivity index (χ3v) is 6.17. The van der Waals surface area contributed by atoms with Crippen LogP contribution in [0.15, 0.2) is 24.3 Å². The number of nitrogens with zero attached hydrogens (tertiary/aromatic N) is 1. The van der Waals surface area contributed by atoms with Crippen molar-refractivity contribution in [2.75, 3.05) is 6.54 Å². The number of benzene rings is 1. The van der Waals surface area contributed by atoms with Crippen LogP contribution in [0.4, 0.5) is 0 Å². The van der Waals surface area contributed by atoms with Crippen molar-refractivity contribution in [3.63, 3.8) is 0 Å². The second-order valence-electron chi connectivity index (χ2n) is 10.1. The first-order chi connectivity index (χ1) is 14.5. The number of carbonyl (C=O) groups is 3.